The number of aromatic nitrogens is 2. The van der Waals surface area contributed by atoms with Crippen molar-refractivity contribution in [1.82, 2.24) is 20.4 Å². The van der Waals surface area contributed by atoms with E-state index in [0.717, 1.165) is 32.1 Å². The molecule has 1 aromatic heterocycles. The zero-order valence-corrected chi connectivity index (χ0v) is 23.2. The smallest absolute Gasteiger partial charge is 0.407 e. The van der Waals surface area contributed by atoms with Gasteiger partial charge in [-0.1, -0.05) is 13.8 Å². The predicted octanol–water partition coefficient (Wildman–Crippen LogP) is 3.46. The van der Waals surface area contributed by atoms with Gasteiger partial charge in [0.25, 0.3) is 5.91 Å². The van der Waals surface area contributed by atoms with E-state index >= 15 is 0 Å². The monoisotopic (exact) mass is 533 g/mol. The molecule has 0 spiro atoms. The highest BCUT2D eigenvalue weighted by Gasteiger charge is 2.56. The Hall–Kier alpha value is -2.98. The van der Waals surface area contributed by atoms with Gasteiger partial charge in [-0.2, -0.15) is 5.10 Å². The zero-order chi connectivity index (χ0) is 27.7. The van der Waals surface area contributed by atoms with Crippen molar-refractivity contribution >= 4 is 18.1 Å². The first-order valence-electron chi connectivity index (χ1n) is 13.7. The van der Waals surface area contributed by atoms with Crippen LogP contribution in [0.15, 0.2) is 6.20 Å². The van der Waals surface area contributed by atoms with E-state index in [0.29, 0.717) is 55.4 Å². The molecule has 0 aliphatic heterocycles. The van der Waals surface area contributed by atoms with Crippen LogP contribution in [0.1, 0.15) is 76.6 Å². The van der Waals surface area contributed by atoms with E-state index in [-0.39, 0.29) is 23.3 Å². The van der Waals surface area contributed by atoms with Gasteiger partial charge >= 0.3 is 12.2 Å². The number of primary amides is 1. The first-order chi connectivity index (χ1) is 17.9. The summed E-state index contributed by atoms with van der Waals surface area (Å²) in [6.45, 7) is 9.19. The lowest BCUT2D eigenvalue weighted by molar-refractivity contribution is -0.0977. The molecule has 4 bridgehead atoms. The van der Waals surface area contributed by atoms with Crippen molar-refractivity contribution in [2.45, 2.75) is 84.3 Å². The van der Waals surface area contributed by atoms with Crippen LogP contribution in [0.4, 0.5) is 9.59 Å². The molecule has 212 valence electrons. The maximum Gasteiger partial charge on any atom is 0.407 e. The fraction of sp³-hybridized carbons (Fsp3) is 0.778. The van der Waals surface area contributed by atoms with Crippen LogP contribution in [0.2, 0.25) is 0 Å². The van der Waals surface area contributed by atoms with Crippen molar-refractivity contribution in [2.24, 2.45) is 34.8 Å². The Labute approximate surface area is 224 Å². The number of carbonyl (C=O) groups is 3. The number of hydrogen-bond donors (Lipinski definition) is 3. The zero-order valence-electron chi connectivity index (χ0n) is 23.2. The van der Waals surface area contributed by atoms with Gasteiger partial charge < -0.3 is 30.6 Å². The third kappa shape index (κ3) is 6.35. The number of ether oxygens (including phenoxy) is 3. The molecule has 5 rings (SSSR count). The van der Waals surface area contributed by atoms with E-state index in [2.05, 4.69) is 29.6 Å². The molecular weight excluding hydrogens is 490 g/mol. The van der Waals surface area contributed by atoms with E-state index in [1.54, 1.807) is 10.9 Å². The lowest BCUT2D eigenvalue weighted by Crippen LogP contribution is -2.60. The van der Waals surface area contributed by atoms with Crippen LogP contribution in [0.3, 0.4) is 0 Å². The van der Waals surface area contributed by atoms with E-state index in [4.69, 9.17) is 19.9 Å². The van der Waals surface area contributed by atoms with Gasteiger partial charge in [-0.15, -0.1) is 0 Å². The summed E-state index contributed by atoms with van der Waals surface area (Å²) in [6.07, 6.45) is 6.00. The molecule has 38 heavy (non-hydrogen) atoms. The number of hydrogen-bond acceptors (Lipinski definition) is 7. The second-order valence-corrected chi connectivity index (χ2v) is 12.6. The van der Waals surface area contributed by atoms with Crippen LogP contribution in [-0.4, -0.2) is 59.8 Å². The van der Waals surface area contributed by atoms with Gasteiger partial charge in [0.2, 0.25) is 5.88 Å². The van der Waals surface area contributed by atoms with Gasteiger partial charge in [-0.05, 0) is 76.0 Å². The number of aryl methyl sites for hydroxylation is 1. The number of nitrogens with one attached hydrogen (secondary N) is 2. The highest BCUT2D eigenvalue weighted by atomic mass is 16.5. The average Bonchev–Trinajstić information content (AvgIpc) is 3.24. The van der Waals surface area contributed by atoms with Gasteiger partial charge in [-0.3, -0.25) is 4.79 Å². The Morgan fingerprint density at radius 3 is 2.50 bits per heavy atom. The summed E-state index contributed by atoms with van der Waals surface area (Å²) >= 11 is 0. The molecule has 4 aliphatic rings. The molecule has 0 radical (unpaired) electrons. The van der Waals surface area contributed by atoms with Gasteiger partial charge in [0.1, 0.15) is 5.56 Å². The summed E-state index contributed by atoms with van der Waals surface area (Å²) < 4.78 is 17.8. The van der Waals surface area contributed by atoms with Crippen LogP contribution in [0.5, 0.6) is 5.88 Å². The first kappa shape index (κ1) is 28.0. The van der Waals surface area contributed by atoms with Crippen LogP contribution in [0, 0.1) is 29.1 Å². The second kappa shape index (κ2) is 11.0. The molecule has 4 N–H and O–H groups in total. The minimum atomic E-state index is -0.721. The number of methoxy groups -OCH3 is 1. The molecule has 1 heterocycles. The molecule has 0 aromatic carbocycles. The van der Waals surface area contributed by atoms with Crippen molar-refractivity contribution in [1.29, 1.82) is 0 Å². The first-order valence-corrected chi connectivity index (χ1v) is 13.7. The van der Waals surface area contributed by atoms with Gasteiger partial charge in [-0.25, -0.2) is 14.3 Å². The van der Waals surface area contributed by atoms with Crippen molar-refractivity contribution in [2.75, 3.05) is 20.3 Å². The SMILES string of the molecule is COC(=O)NC(C)(C)CCn1ncc(C(=O)NC2C3CC4CC2CC(COC(N)=O)(C4)C3)c1OCC(C)C. The number of rotatable bonds is 11. The molecule has 4 aliphatic carbocycles. The van der Waals surface area contributed by atoms with Crippen molar-refractivity contribution in [3.63, 3.8) is 0 Å². The standard InChI is InChI=1S/C27H43N5O6/c1-16(2)14-37-23-20(13-29-32(23)7-6-26(3,4)31-25(35)36-5)22(33)30-21-18-8-17-9-19(21)12-27(10-17,11-18)15-38-24(28)34/h13,16-19,21H,6-12,14-15H2,1-5H3,(H2,28,34)(H,30,33)(H,31,35). The lowest BCUT2D eigenvalue weighted by Gasteiger charge is -2.59. The van der Waals surface area contributed by atoms with Crippen molar-refractivity contribution < 1.29 is 28.6 Å². The quantitative estimate of drug-likeness (QED) is 0.395. The fourth-order valence-electron chi connectivity index (χ4n) is 6.92. The molecule has 0 saturated heterocycles. The Morgan fingerprint density at radius 2 is 1.89 bits per heavy atom. The largest absolute Gasteiger partial charge is 0.477 e. The molecule has 11 heteroatoms. The Kier molecular flexibility index (Phi) is 8.13. The number of nitrogens with zero attached hydrogens (tertiary/aromatic N) is 2. The highest BCUT2D eigenvalue weighted by Crippen LogP contribution is 2.60. The second-order valence-electron chi connectivity index (χ2n) is 12.6. The van der Waals surface area contributed by atoms with Crippen LogP contribution >= 0.6 is 0 Å². The van der Waals surface area contributed by atoms with E-state index in [1.165, 1.54) is 7.11 Å². The third-order valence-electron chi connectivity index (χ3n) is 8.38. The Balaban J connectivity index is 1.46. The summed E-state index contributed by atoms with van der Waals surface area (Å²) in [5.74, 6) is 1.84. The maximum absolute atomic E-state index is 13.6. The van der Waals surface area contributed by atoms with Crippen LogP contribution in [0.25, 0.3) is 0 Å². The molecule has 3 amide bonds. The minimum absolute atomic E-state index is 0.0196. The molecule has 2 atom stereocenters. The fourth-order valence-corrected chi connectivity index (χ4v) is 6.92. The molecule has 2 unspecified atom stereocenters. The Morgan fingerprint density at radius 1 is 1.21 bits per heavy atom. The number of alkyl carbamates (subject to hydrolysis) is 1. The molecule has 4 fully saturated rings. The van der Waals surface area contributed by atoms with Crippen LogP contribution < -0.4 is 21.1 Å². The normalized spacial score (nSPS) is 27.7. The topological polar surface area (TPSA) is 147 Å². The average molecular weight is 534 g/mol. The summed E-state index contributed by atoms with van der Waals surface area (Å²) in [4.78, 5) is 36.5. The summed E-state index contributed by atoms with van der Waals surface area (Å²) in [5, 5.41) is 10.6. The molecule has 4 saturated carbocycles. The molecular formula is C27H43N5O6. The highest BCUT2D eigenvalue weighted by molar-refractivity contribution is 5.96. The number of amides is 3. The maximum atomic E-state index is 13.6. The summed E-state index contributed by atoms with van der Waals surface area (Å²) in [6, 6.07) is 0.0743. The minimum Gasteiger partial charge on any atom is -0.477 e. The molecule has 1 aromatic rings. The van der Waals surface area contributed by atoms with Crippen LogP contribution in [-0.2, 0) is 16.0 Å². The molecule has 11 nitrogen and oxygen atoms in total. The van der Waals surface area contributed by atoms with Crippen molar-refractivity contribution in [3.8, 4) is 5.88 Å². The number of nitrogens with two attached hydrogens (primary N) is 1. The van der Waals surface area contributed by atoms with E-state index in [9.17, 15) is 14.4 Å². The van der Waals surface area contributed by atoms with E-state index < -0.39 is 17.7 Å². The van der Waals surface area contributed by atoms with Gasteiger partial charge in [0, 0.05) is 23.5 Å². The lowest BCUT2D eigenvalue weighted by atomic mass is 9.48. The van der Waals surface area contributed by atoms with E-state index in [1.807, 2.05) is 13.8 Å². The third-order valence-corrected chi connectivity index (χ3v) is 8.38. The Bertz CT molecular complexity index is 1020. The van der Waals surface area contributed by atoms with Crippen molar-refractivity contribution in [3.05, 3.63) is 11.8 Å². The van der Waals surface area contributed by atoms with Gasteiger partial charge in [0.15, 0.2) is 0 Å². The predicted molar refractivity (Wildman–Crippen MR) is 140 cm³/mol. The number of carbonyl (C=O) groups excluding carboxylic acids is 3. The summed E-state index contributed by atoms with van der Waals surface area (Å²) in [7, 11) is 1.33. The van der Waals surface area contributed by atoms with Gasteiger partial charge in [0.05, 0.1) is 26.5 Å². The summed E-state index contributed by atoms with van der Waals surface area (Å²) in [5.41, 5.74) is 5.11.